The van der Waals surface area contributed by atoms with E-state index in [9.17, 15) is 24.9 Å². The van der Waals surface area contributed by atoms with Gasteiger partial charge < -0.3 is 24.8 Å². The number of carboxylic acids is 1. The third kappa shape index (κ3) is 11.4. The molecule has 0 amide bonds. The number of benzene rings is 1. The van der Waals surface area contributed by atoms with E-state index in [0.717, 1.165) is 24.2 Å². The largest absolute Gasteiger partial charge is 0.494 e. The quantitative estimate of drug-likeness (QED) is 0.199. The fourth-order valence-corrected chi connectivity index (χ4v) is 4.78. The second-order valence-electron chi connectivity index (χ2n) is 11.0. The maximum atomic E-state index is 12.6. The van der Waals surface area contributed by atoms with Crippen molar-refractivity contribution >= 4 is 11.9 Å². The van der Waals surface area contributed by atoms with Crippen LogP contribution in [0.15, 0.2) is 60.2 Å². The number of hydrogen-bond donors (Lipinski definition) is 3. The van der Waals surface area contributed by atoms with E-state index in [1.54, 1.807) is 13.0 Å². The van der Waals surface area contributed by atoms with Gasteiger partial charge >= 0.3 is 11.9 Å². The van der Waals surface area contributed by atoms with Gasteiger partial charge in [-0.25, -0.2) is 0 Å². The number of ether oxygens (including phenoxy) is 2. The Bertz CT molecular complexity index is 1020. The molecule has 1 aromatic rings. The number of carbonyl (C=O) groups is 2. The maximum absolute atomic E-state index is 12.6. The van der Waals surface area contributed by atoms with Gasteiger partial charge in [0, 0.05) is 11.8 Å². The lowest BCUT2D eigenvalue weighted by Gasteiger charge is -2.32. The normalized spacial score (nSPS) is 28.7. The van der Waals surface area contributed by atoms with Crippen LogP contribution in [0.5, 0.6) is 5.75 Å². The molecular weight excluding hydrogens is 496 g/mol. The third-order valence-corrected chi connectivity index (χ3v) is 7.31. The molecule has 7 heteroatoms. The summed E-state index contributed by atoms with van der Waals surface area (Å²) in [6, 6.07) is 8.16. The van der Waals surface area contributed by atoms with Crippen molar-refractivity contribution < 1.29 is 34.4 Å². The molecule has 3 N–H and O–H groups in total. The molecule has 2 rings (SSSR count). The Morgan fingerprint density at radius 3 is 2.74 bits per heavy atom. The average Bonchev–Trinajstić information content (AvgIpc) is 2.86. The molecule has 0 aliphatic carbocycles. The summed E-state index contributed by atoms with van der Waals surface area (Å²) in [5.74, 6) is -1.20. The molecule has 1 aliphatic heterocycles. The lowest BCUT2D eigenvalue weighted by Crippen LogP contribution is -2.37. The van der Waals surface area contributed by atoms with Gasteiger partial charge in [-0.3, -0.25) is 9.59 Å². The molecule has 1 unspecified atom stereocenters. The lowest BCUT2D eigenvalue weighted by molar-refractivity contribution is -0.151. The lowest BCUT2D eigenvalue weighted by atomic mass is 9.80. The number of cyclic esters (lactones) is 1. The van der Waals surface area contributed by atoms with Crippen LogP contribution in [0.4, 0.5) is 0 Å². The molecule has 216 valence electrons. The minimum atomic E-state index is -1.33. The summed E-state index contributed by atoms with van der Waals surface area (Å²) in [6.07, 6.45) is 9.81. The van der Waals surface area contributed by atoms with Crippen molar-refractivity contribution in [2.75, 3.05) is 6.61 Å². The average molecular weight is 543 g/mol. The van der Waals surface area contributed by atoms with E-state index >= 15 is 0 Å². The Labute approximate surface area is 233 Å². The number of aliphatic hydroxyl groups is 2. The summed E-state index contributed by atoms with van der Waals surface area (Å²) in [5.41, 5.74) is 0.736. The van der Waals surface area contributed by atoms with E-state index in [-0.39, 0.29) is 31.6 Å². The molecule has 1 aliphatic rings. The Balaban J connectivity index is 2.14. The zero-order valence-corrected chi connectivity index (χ0v) is 24.0. The summed E-state index contributed by atoms with van der Waals surface area (Å²) in [6.45, 7) is 10.1. The fraction of sp³-hybridized carbons (Fsp3) is 0.562. The number of carboxylic acid groups (broad SMARTS) is 1. The third-order valence-electron chi connectivity index (χ3n) is 7.31. The van der Waals surface area contributed by atoms with Crippen LogP contribution in [-0.2, 0) is 20.7 Å². The molecule has 7 nitrogen and oxygen atoms in total. The standard InChI is InChI=1S/C32H46O7/c1-6-38-28-12-8-11-25(19-28)15-13-22(2)9-7-10-23(3)31-24(4)14-16-26(20-29(34)35)32(5,37)18-17-27(33)21-30(36)39-31/h7-12,14,16,19,22,24,26-27,31,33,37H,6,13,15,17-18,20-21H2,1-5H3,(H,34,35)/b9-7+,16-14+,23-10+/t22?,24-,26+,27+,31+,32+/m0/s1. The van der Waals surface area contributed by atoms with Crippen LogP contribution in [-0.4, -0.2) is 51.7 Å². The predicted molar refractivity (Wildman–Crippen MR) is 152 cm³/mol. The monoisotopic (exact) mass is 542 g/mol. The highest BCUT2D eigenvalue weighted by Gasteiger charge is 2.34. The molecule has 0 saturated carbocycles. The SMILES string of the molecule is CCOc1cccc(CCC(C)/C=C/C=C(\C)[C@H]2OC(=O)C[C@H](O)CC[C@@](C)(O)[C@@H](CC(=O)O)/C=C/[C@@H]2C)c1. The van der Waals surface area contributed by atoms with Crippen LogP contribution in [0.2, 0.25) is 0 Å². The second kappa shape index (κ2) is 15.6. The number of allylic oxidation sites excluding steroid dienone is 3. The van der Waals surface area contributed by atoms with E-state index in [4.69, 9.17) is 9.47 Å². The molecular formula is C32H46O7. The second-order valence-corrected chi connectivity index (χ2v) is 11.0. The van der Waals surface area contributed by atoms with Crippen LogP contribution in [0, 0.1) is 17.8 Å². The zero-order valence-electron chi connectivity index (χ0n) is 24.0. The Kier molecular flexibility index (Phi) is 13.0. The Morgan fingerprint density at radius 2 is 2.05 bits per heavy atom. The van der Waals surface area contributed by atoms with E-state index in [1.807, 2.05) is 51.1 Å². The fourth-order valence-electron chi connectivity index (χ4n) is 4.78. The number of aliphatic carboxylic acids is 1. The van der Waals surface area contributed by atoms with Crippen molar-refractivity contribution in [2.45, 2.75) is 91.0 Å². The molecule has 0 saturated heterocycles. The van der Waals surface area contributed by atoms with Crippen LogP contribution < -0.4 is 4.74 Å². The first kappa shape index (κ1) is 32.3. The number of hydrogen-bond acceptors (Lipinski definition) is 6. The Morgan fingerprint density at radius 1 is 1.31 bits per heavy atom. The molecule has 39 heavy (non-hydrogen) atoms. The van der Waals surface area contributed by atoms with Crippen LogP contribution in [0.3, 0.4) is 0 Å². The topological polar surface area (TPSA) is 113 Å². The number of aliphatic hydroxyl groups excluding tert-OH is 1. The molecule has 0 spiro atoms. The summed E-state index contributed by atoms with van der Waals surface area (Å²) >= 11 is 0. The van der Waals surface area contributed by atoms with E-state index in [1.165, 1.54) is 5.56 Å². The highest BCUT2D eigenvalue weighted by molar-refractivity contribution is 5.70. The van der Waals surface area contributed by atoms with Crippen molar-refractivity contribution in [2.24, 2.45) is 17.8 Å². The molecule has 1 aromatic carbocycles. The molecule has 0 aromatic heterocycles. The zero-order chi connectivity index (χ0) is 29.0. The smallest absolute Gasteiger partial charge is 0.309 e. The highest BCUT2D eigenvalue weighted by Crippen LogP contribution is 2.30. The van der Waals surface area contributed by atoms with Crippen molar-refractivity contribution in [1.82, 2.24) is 0 Å². The molecule has 0 bridgehead atoms. The molecule has 0 radical (unpaired) electrons. The van der Waals surface area contributed by atoms with E-state index < -0.39 is 35.7 Å². The number of esters is 1. The van der Waals surface area contributed by atoms with Crippen molar-refractivity contribution in [1.29, 1.82) is 0 Å². The first-order chi connectivity index (χ1) is 18.4. The van der Waals surface area contributed by atoms with Gasteiger partial charge in [-0.1, -0.05) is 56.4 Å². The van der Waals surface area contributed by atoms with Gasteiger partial charge in [0.25, 0.3) is 0 Å². The summed E-state index contributed by atoms with van der Waals surface area (Å²) in [5, 5.41) is 30.7. The maximum Gasteiger partial charge on any atom is 0.309 e. The van der Waals surface area contributed by atoms with Gasteiger partial charge in [0.15, 0.2) is 0 Å². The first-order valence-electron chi connectivity index (χ1n) is 14.0. The summed E-state index contributed by atoms with van der Waals surface area (Å²) < 4.78 is 11.4. The highest BCUT2D eigenvalue weighted by atomic mass is 16.5. The van der Waals surface area contributed by atoms with Crippen LogP contribution >= 0.6 is 0 Å². The van der Waals surface area contributed by atoms with Gasteiger partial charge in [-0.05, 0) is 75.6 Å². The van der Waals surface area contributed by atoms with Crippen molar-refractivity contribution in [3.63, 3.8) is 0 Å². The van der Waals surface area contributed by atoms with Gasteiger partial charge in [-0.2, -0.15) is 0 Å². The van der Waals surface area contributed by atoms with Gasteiger partial charge in [0.2, 0.25) is 0 Å². The number of carbonyl (C=O) groups excluding carboxylic acids is 1. The molecule has 1 heterocycles. The predicted octanol–water partition coefficient (Wildman–Crippen LogP) is 5.65. The van der Waals surface area contributed by atoms with Gasteiger partial charge in [-0.15, -0.1) is 0 Å². The van der Waals surface area contributed by atoms with E-state index in [2.05, 4.69) is 25.1 Å². The van der Waals surface area contributed by atoms with Gasteiger partial charge in [0.1, 0.15) is 11.9 Å². The summed E-state index contributed by atoms with van der Waals surface area (Å²) in [4.78, 5) is 24.1. The Hall–Kier alpha value is -2.90. The van der Waals surface area contributed by atoms with Crippen molar-refractivity contribution in [3.05, 3.63) is 65.8 Å². The van der Waals surface area contributed by atoms with Crippen LogP contribution in [0.25, 0.3) is 0 Å². The number of aryl methyl sites for hydroxylation is 1. The first-order valence-corrected chi connectivity index (χ1v) is 14.0. The molecule has 6 atom stereocenters. The molecule has 0 fully saturated rings. The van der Waals surface area contributed by atoms with Crippen LogP contribution in [0.1, 0.15) is 72.3 Å². The van der Waals surface area contributed by atoms with Crippen molar-refractivity contribution in [3.8, 4) is 5.75 Å². The minimum absolute atomic E-state index is 0.164. The summed E-state index contributed by atoms with van der Waals surface area (Å²) in [7, 11) is 0. The van der Waals surface area contributed by atoms with Gasteiger partial charge in [0.05, 0.1) is 31.2 Å². The minimum Gasteiger partial charge on any atom is -0.494 e. The number of rotatable bonds is 10. The van der Waals surface area contributed by atoms with E-state index in [0.29, 0.717) is 12.5 Å².